The standard InChI is InChI=1S/C15H20FN3O/c1-11(2)19-15(17-10-18-19)8-13(9-20)6-12-4-3-5-14(16)7-12/h3-5,7,10-11,13,20H,6,8-9H2,1-2H3. The van der Waals surface area contributed by atoms with Crippen molar-refractivity contribution in [3.63, 3.8) is 0 Å². The Labute approximate surface area is 118 Å². The SMILES string of the molecule is CC(C)n1ncnc1CC(CO)Cc1cccc(F)c1. The molecule has 1 aromatic heterocycles. The molecule has 1 N–H and O–H groups in total. The van der Waals surface area contributed by atoms with Crippen molar-refractivity contribution in [1.29, 1.82) is 0 Å². The lowest BCUT2D eigenvalue weighted by molar-refractivity contribution is 0.221. The van der Waals surface area contributed by atoms with Gasteiger partial charge in [-0.15, -0.1) is 0 Å². The predicted octanol–water partition coefficient (Wildman–Crippen LogP) is 2.39. The fraction of sp³-hybridized carbons (Fsp3) is 0.467. The maximum atomic E-state index is 13.2. The third-order valence-corrected chi connectivity index (χ3v) is 3.28. The van der Waals surface area contributed by atoms with Crippen molar-refractivity contribution in [3.8, 4) is 0 Å². The summed E-state index contributed by atoms with van der Waals surface area (Å²) in [5.41, 5.74) is 0.889. The third-order valence-electron chi connectivity index (χ3n) is 3.28. The molecular formula is C15H20FN3O. The van der Waals surface area contributed by atoms with E-state index in [4.69, 9.17) is 0 Å². The molecule has 0 aliphatic heterocycles. The molecule has 1 heterocycles. The number of aliphatic hydroxyl groups is 1. The highest BCUT2D eigenvalue weighted by molar-refractivity contribution is 5.17. The van der Waals surface area contributed by atoms with Gasteiger partial charge in [-0.1, -0.05) is 12.1 Å². The van der Waals surface area contributed by atoms with Crippen LogP contribution in [0.1, 0.15) is 31.3 Å². The monoisotopic (exact) mass is 277 g/mol. The van der Waals surface area contributed by atoms with Crippen LogP contribution in [0.25, 0.3) is 0 Å². The molecule has 0 aliphatic rings. The van der Waals surface area contributed by atoms with Crippen molar-refractivity contribution in [2.45, 2.75) is 32.7 Å². The number of hydrogen-bond donors (Lipinski definition) is 1. The lowest BCUT2D eigenvalue weighted by Gasteiger charge is -2.16. The summed E-state index contributed by atoms with van der Waals surface area (Å²) < 4.78 is 15.0. The molecule has 0 fully saturated rings. The van der Waals surface area contributed by atoms with Gasteiger partial charge in [-0.25, -0.2) is 14.1 Å². The number of benzene rings is 1. The van der Waals surface area contributed by atoms with Gasteiger partial charge in [-0.2, -0.15) is 5.10 Å². The van der Waals surface area contributed by atoms with E-state index in [2.05, 4.69) is 10.1 Å². The Morgan fingerprint density at radius 1 is 1.30 bits per heavy atom. The van der Waals surface area contributed by atoms with Crippen LogP contribution in [0.15, 0.2) is 30.6 Å². The Balaban J connectivity index is 2.07. The van der Waals surface area contributed by atoms with Crippen molar-refractivity contribution in [3.05, 3.63) is 47.8 Å². The first-order chi connectivity index (χ1) is 9.60. The number of aliphatic hydroxyl groups excluding tert-OH is 1. The van der Waals surface area contributed by atoms with Crippen LogP contribution in [0.3, 0.4) is 0 Å². The van der Waals surface area contributed by atoms with Crippen molar-refractivity contribution in [1.82, 2.24) is 14.8 Å². The smallest absolute Gasteiger partial charge is 0.138 e. The molecule has 0 aliphatic carbocycles. The van der Waals surface area contributed by atoms with Crippen LogP contribution in [0.5, 0.6) is 0 Å². The Morgan fingerprint density at radius 3 is 2.75 bits per heavy atom. The van der Waals surface area contributed by atoms with Crippen LogP contribution in [0.4, 0.5) is 4.39 Å². The number of halogens is 1. The van der Waals surface area contributed by atoms with Crippen molar-refractivity contribution >= 4 is 0 Å². The zero-order valence-electron chi connectivity index (χ0n) is 11.8. The molecule has 1 aromatic carbocycles. The Hall–Kier alpha value is -1.75. The van der Waals surface area contributed by atoms with E-state index in [0.717, 1.165) is 11.4 Å². The number of aromatic nitrogens is 3. The van der Waals surface area contributed by atoms with Gasteiger partial charge in [0.1, 0.15) is 18.0 Å². The van der Waals surface area contributed by atoms with Gasteiger partial charge in [0.15, 0.2) is 0 Å². The second kappa shape index (κ2) is 6.61. The minimum atomic E-state index is -0.246. The van der Waals surface area contributed by atoms with Gasteiger partial charge >= 0.3 is 0 Å². The molecule has 1 unspecified atom stereocenters. The van der Waals surface area contributed by atoms with Crippen LogP contribution in [0, 0.1) is 11.7 Å². The fourth-order valence-electron chi connectivity index (χ4n) is 2.31. The second-order valence-electron chi connectivity index (χ2n) is 5.30. The van der Waals surface area contributed by atoms with Gasteiger partial charge in [0.2, 0.25) is 0 Å². The molecule has 0 spiro atoms. The Morgan fingerprint density at radius 2 is 2.10 bits per heavy atom. The van der Waals surface area contributed by atoms with Gasteiger partial charge in [-0.3, -0.25) is 0 Å². The molecule has 0 bridgehead atoms. The van der Waals surface area contributed by atoms with Crippen LogP contribution in [-0.4, -0.2) is 26.5 Å². The number of hydrogen-bond acceptors (Lipinski definition) is 3. The lowest BCUT2D eigenvalue weighted by Crippen LogP contribution is -2.17. The molecule has 0 saturated carbocycles. The molecule has 0 amide bonds. The first-order valence-corrected chi connectivity index (χ1v) is 6.83. The first kappa shape index (κ1) is 14.7. The molecular weight excluding hydrogens is 257 g/mol. The number of rotatable bonds is 6. The van der Waals surface area contributed by atoms with Crippen LogP contribution in [-0.2, 0) is 12.8 Å². The summed E-state index contributed by atoms with van der Waals surface area (Å²) in [6.07, 6.45) is 2.79. The molecule has 1 atom stereocenters. The summed E-state index contributed by atoms with van der Waals surface area (Å²) in [4.78, 5) is 4.25. The van der Waals surface area contributed by atoms with Crippen molar-refractivity contribution in [2.24, 2.45) is 5.92 Å². The highest BCUT2D eigenvalue weighted by atomic mass is 19.1. The molecule has 0 saturated heterocycles. The van der Waals surface area contributed by atoms with Crippen molar-refractivity contribution < 1.29 is 9.50 Å². The minimum absolute atomic E-state index is 0.0125. The van der Waals surface area contributed by atoms with E-state index in [1.807, 2.05) is 24.6 Å². The van der Waals surface area contributed by atoms with Gasteiger partial charge < -0.3 is 5.11 Å². The van der Waals surface area contributed by atoms with E-state index in [9.17, 15) is 9.50 Å². The maximum Gasteiger partial charge on any atom is 0.138 e. The lowest BCUT2D eigenvalue weighted by atomic mass is 9.96. The Bertz CT molecular complexity index is 554. The highest BCUT2D eigenvalue weighted by Gasteiger charge is 2.15. The topological polar surface area (TPSA) is 50.9 Å². The molecule has 0 radical (unpaired) electrons. The van der Waals surface area contributed by atoms with Gasteiger partial charge in [-0.05, 0) is 43.9 Å². The fourth-order valence-corrected chi connectivity index (χ4v) is 2.31. The minimum Gasteiger partial charge on any atom is -0.396 e. The van der Waals surface area contributed by atoms with Gasteiger partial charge in [0.25, 0.3) is 0 Å². The zero-order chi connectivity index (χ0) is 14.5. The van der Waals surface area contributed by atoms with Gasteiger partial charge in [0, 0.05) is 19.1 Å². The average Bonchev–Trinajstić information content (AvgIpc) is 2.86. The van der Waals surface area contributed by atoms with E-state index in [0.29, 0.717) is 12.8 Å². The van der Waals surface area contributed by atoms with Crippen LogP contribution >= 0.6 is 0 Å². The molecule has 20 heavy (non-hydrogen) atoms. The molecule has 2 rings (SSSR count). The molecule has 108 valence electrons. The van der Waals surface area contributed by atoms with Gasteiger partial charge in [0.05, 0.1) is 0 Å². The normalized spacial score (nSPS) is 12.8. The van der Waals surface area contributed by atoms with Crippen LogP contribution in [0.2, 0.25) is 0 Å². The highest BCUT2D eigenvalue weighted by Crippen LogP contribution is 2.16. The molecule has 5 heteroatoms. The predicted molar refractivity (Wildman–Crippen MR) is 74.8 cm³/mol. The van der Waals surface area contributed by atoms with E-state index >= 15 is 0 Å². The average molecular weight is 277 g/mol. The molecule has 2 aromatic rings. The summed E-state index contributed by atoms with van der Waals surface area (Å²) in [5, 5.41) is 13.7. The molecule has 4 nitrogen and oxygen atoms in total. The zero-order valence-corrected chi connectivity index (χ0v) is 11.8. The summed E-state index contributed by atoms with van der Waals surface area (Å²) in [5.74, 6) is 0.624. The summed E-state index contributed by atoms with van der Waals surface area (Å²) in [6.45, 7) is 4.12. The Kier molecular flexibility index (Phi) is 4.84. The largest absolute Gasteiger partial charge is 0.396 e. The number of nitrogens with zero attached hydrogens (tertiary/aromatic N) is 3. The quantitative estimate of drug-likeness (QED) is 0.882. The maximum absolute atomic E-state index is 13.2. The summed E-state index contributed by atoms with van der Waals surface area (Å²) >= 11 is 0. The third kappa shape index (κ3) is 3.63. The van der Waals surface area contributed by atoms with Crippen molar-refractivity contribution in [2.75, 3.05) is 6.61 Å². The summed E-state index contributed by atoms with van der Waals surface area (Å²) in [6, 6.07) is 6.73. The van der Waals surface area contributed by atoms with E-state index in [1.165, 1.54) is 18.5 Å². The van der Waals surface area contributed by atoms with E-state index in [1.54, 1.807) is 6.07 Å². The summed E-state index contributed by atoms with van der Waals surface area (Å²) in [7, 11) is 0. The van der Waals surface area contributed by atoms with Crippen LogP contribution < -0.4 is 0 Å². The second-order valence-corrected chi connectivity index (χ2v) is 5.30. The van der Waals surface area contributed by atoms with E-state index in [-0.39, 0.29) is 24.4 Å². The first-order valence-electron chi connectivity index (χ1n) is 6.83. The van der Waals surface area contributed by atoms with E-state index < -0.39 is 0 Å².